The summed E-state index contributed by atoms with van der Waals surface area (Å²) < 4.78 is 18.4. The Hall–Kier alpha value is -2.00. The zero-order valence-electron chi connectivity index (χ0n) is 19.0. The summed E-state index contributed by atoms with van der Waals surface area (Å²) in [7, 11) is 1.38. The molecular weight excluding hydrogens is 465 g/mol. The van der Waals surface area contributed by atoms with Gasteiger partial charge < -0.3 is 10.1 Å². The number of nitrogens with zero attached hydrogens (tertiary/aromatic N) is 2. The van der Waals surface area contributed by atoms with Gasteiger partial charge in [-0.3, -0.25) is 14.6 Å². The number of anilines is 1. The lowest BCUT2D eigenvalue weighted by Gasteiger charge is -2.34. The van der Waals surface area contributed by atoms with E-state index in [0.717, 1.165) is 56.6 Å². The molecule has 1 N–H and O–H groups in total. The molecule has 1 saturated heterocycles. The number of ether oxygens (including phenoxy) is 1. The van der Waals surface area contributed by atoms with Crippen LogP contribution in [-0.2, 0) is 28.9 Å². The summed E-state index contributed by atoms with van der Waals surface area (Å²) in [5.41, 5.74) is 2.54. The second kappa shape index (κ2) is 10.5. The van der Waals surface area contributed by atoms with E-state index in [1.807, 2.05) is 0 Å². The number of amides is 1. The van der Waals surface area contributed by atoms with Crippen molar-refractivity contribution in [3.8, 4) is 0 Å². The molecule has 0 bridgehead atoms. The van der Waals surface area contributed by atoms with Crippen LogP contribution in [0.3, 0.4) is 0 Å². The Labute approximate surface area is 202 Å². The molecule has 1 unspecified atom stereocenters. The van der Waals surface area contributed by atoms with Gasteiger partial charge in [0, 0.05) is 37.6 Å². The predicted octanol–water partition coefficient (Wildman–Crippen LogP) is 4.21. The maximum absolute atomic E-state index is 13.4. The molecule has 2 aromatic rings. The maximum Gasteiger partial charge on any atom is 0.341 e. The fourth-order valence-corrected chi connectivity index (χ4v) is 6.15. The zero-order valence-corrected chi connectivity index (χ0v) is 20.5. The minimum atomic E-state index is -0.410. The van der Waals surface area contributed by atoms with E-state index >= 15 is 0 Å². The highest BCUT2D eigenvalue weighted by Crippen LogP contribution is 2.40. The van der Waals surface area contributed by atoms with Crippen molar-refractivity contribution in [3.63, 3.8) is 0 Å². The minimum Gasteiger partial charge on any atom is -0.465 e. The average molecular weight is 494 g/mol. The lowest BCUT2D eigenvalue weighted by Crippen LogP contribution is -2.48. The van der Waals surface area contributed by atoms with Gasteiger partial charge in [0.05, 0.1) is 24.2 Å². The van der Waals surface area contributed by atoms with Crippen LogP contribution < -0.4 is 5.32 Å². The third-order valence-electron chi connectivity index (χ3n) is 6.38. The molecule has 6 nitrogen and oxygen atoms in total. The molecule has 0 spiro atoms. The van der Waals surface area contributed by atoms with Crippen LogP contribution in [0, 0.1) is 11.7 Å². The molecule has 1 aromatic heterocycles. The Morgan fingerprint density at radius 1 is 1.24 bits per heavy atom. The number of hydrogen-bond acceptors (Lipinski definition) is 6. The summed E-state index contributed by atoms with van der Waals surface area (Å²) in [6, 6.07) is 4.81. The first-order valence-electron chi connectivity index (χ1n) is 11.3. The summed E-state index contributed by atoms with van der Waals surface area (Å²) in [5, 5.41) is 3.73. The highest BCUT2D eigenvalue weighted by molar-refractivity contribution is 7.17. The normalized spacial score (nSPS) is 19.2. The summed E-state index contributed by atoms with van der Waals surface area (Å²) in [6.07, 6.45) is 2.81. The van der Waals surface area contributed by atoms with Crippen molar-refractivity contribution in [3.05, 3.63) is 50.6 Å². The van der Waals surface area contributed by atoms with Gasteiger partial charge in [0.2, 0.25) is 5.91 Å². The van der Waals surface area contributed by atoms with Crippen LogP contribution in [0.15, 0.2) is 18.2 Å². The number of nitrogens with one attached hydrogen (secondary N) is 1. The highest BCUT2D eigenvalue weighted by atomic mass is 35.5. The highest BCUT2D eigenvalue weighted by Gasteiger charge is 2.29. The molecule has 1 atom stereocenters. The van der Waals surface area contributed by atoms with Gasteiger partial charge in [0.1, 0.15) is 10.8 Å². The van der Waals surface area contributed by atoms with E-state index in [1.165, 1.54) is 29.4 Å². The Morgan fingerprint density at radius 3 is 2.67 bits per heavy atom. The number of benzene rings is 1. The first-order chi connectivity index (χ1) is 15.8. The van der Waals surface area contributed by atoms with Crippen LogP contribution in [0.5, 0.6) is 0 Å². The fraction of sp³-hybridized carbons (Fsp3) is 0.500. The summed E-state index contributed by atoms with van der Waals surface area (Å²) in [6.45, 7) is 6.30. The standard InChI is InChI=1S/C24H29ClFN3O3S/c1-15-3-5-17-20(11-15)33-23(22(17)24(31)32-2)27-21(30)14-29-9-7-28(8-10-29)13-16-4-6-19(26)18(25)12-16/h4,6,12,15H,3,5,7-11,13-14H2,1-2H3,(H,27,30). The quantitative estimate of drug-likeness (QED) is 0.611. The van der Waals surface area contributed by atoms with Crippen molar-refractivity contribution in [2.24, 2.45) is 5.92 Å². The predicted molar refractivity (Wildman–Crippen MR) is 129 cm³/mol. The Bertz CT molecular complexity index is 1040. The van der Waals surface area contributed by atoms with Gasteiger partial charge >= 0.3 is 5.97 Å². The van der Waals surface area contributed by atoms with Crippen LogP contribution in [0.2, 0.25) is 5.02 Å². The molecule has 33 heavy (non-hydrogen) atoms. The van der Waals surface area contributed by atoms with Crippen molar-refractivity contribution in [1.82, 2.24) is 9.80 Å². The molecule has 1 aliphatic carbocycles. The van der Waals surface area contributed by atoms with Crippen LogP contribution in [0.4, 0.5) is 9.39 Å². The van der Waals surface area contributed by atoms with E-state index in [9.17, 15) is 14.0 Å². The molecule has 178 valence electrons. The van der Waals surface area contributed by atoms with E-state index in [4.69, 9.17) is 16.3 Å². The molecule has 1 fully saturated rings. The van der Waals surface area contributed by atoms with E-state index in [1.54, 1.807) is 12.1 Å². The summed E-state index contributed by atoms with van der Waals surface area (Å²) >= 11 is 7.39. The smallest absolute Gasteiger partial charge is 0.341 e. The van der Waals surface area contributed by atoms with E-state index in [0.29, 0.717) is 23.0 Å². The molecule has 2 aliphatic rings. The van der Waals surface area contributed by atoms with E-state index in [-0.39, 0.29) is 23.4 Å². The lowest BCUT2D eigenvalue weighted by molar-refractivity contribution is -0.117. The fourth-order valence-electron chi connectivity index (χ4n) is 4.53. The first kappa shape index (κ1) is 24.1. The van der Waals surface area contributed by atoms with Gasteiger partial charge in [-0.25, -0.2) is 9.18 Å². The molecule has 1 aromatic carbocycles. The van der Waals surface area contributed by atoms with Crippen molar-refractivity contribution < 1.29 is 18.7 Å². The molecule has 9 heteroatoms. The third-order valence-corrected chi connectivity index (χ3v) is 7.84. The molecule has 4 rings (SSSR count). The molecule has 0 saturated carbocycles. The Kier molecular flexibility index (Phi) is 7.69. The van der Waals surface area contributed by atoms with Gasteiger partial charge in [-0.05, 0) is 48.4 Å². The van der Waals surface area contributed by atoms with Crippen LogP contribution in [-0.4, -0.2) is 61.5 Å². The molecule has 1 amide bonds. The number of piperazine rings is 1. The zero-order chi connectivity index (χ0) is 23.5. The number of carbonyl (C=O) groups excluding carboxylic acids is 2. The molecule has 2 heterocycles. The van der Waals surface area contributed by atoms with Gasteiger partial charge in [-0.2, -0.15) is 0 Å². The van der Waals surface area contributed by atoms with E-state index < -0.39 is 5.82 Å². The number of fused-ring (bicyclic) bond motifs is 1. The minimum absolute atomic E-state index is 0.120. The Balaban J connectivity index is 1.32. The monoisotopic (exact) mass is 493 g/mol. The van der Waals surface area contributed by atoms with Crippen LogP contribution in [0.25, 0.3) is 0 Å². The van der Waals surface area contributed by atoms with Crippen molar-refractivity contribution >= 4 is 39.8 Å². The topological polar surface area (TPSA) is 61.9 Å². The number of halogens is 2. The number of rotatable bonds is 6. The lowest BCUT2D eigenvalue weighted by atomic mass is 9.88. The molecular formula is C24H29ClFN3O3S. The average Bonchev–Trinajstić information content (AvgIpc) is 3.13. The van der Waals surface area contributed by atoms with Crippen molar-refractivity contribution in [2.75, 3.05) is 45.2 Å². The maximum atomic E-state index is 13.4. The molecule has 0 radical (unpaired) electrons. The summed E-state index contributed by atoms with van der Waals surface area (Å²) in [5.74, 6) is -0.336. The van der Waals surface area contributed by atoms with Crippen LogP contribution in [0.1, 0.15) is 39.7 Å². The number of carbonyl (C=O) groups is 2. The second-order valence-electron chi connectivity index (χ2n) is 8.90. The van der Waals surface area contributed by atoms with Gasteiger partial charge in [0.25, 0.3) is 0 Å². The number of methoxy groups -OCH3 is 1. The third kappa shape index (κ3) is 5.74. The molecule has 1 aliphatic heterocycles. The second-order valence-corrected chi connectivity index (χ2v) is 10.4. The van der Waals surface area contributed by atoms with E-state index in [2.05, 4.69) is 22.0 Å². The van der Waals surface area contributed by atoms with Crippen molar-refractivity contribution in [1.29, 1.82) is 0 Å². The summed E-state index contributed by atoms with van der Waals surface area (Å²) in [4.78, 5) is 30.8. The Morgan fingerprint density at radius 2 is 1.97 bits per heavy atom. The number of thiophene rings is 1. The van der Waals surface area contributed by atoms with Crippen molar-refractivity contribution in [2.45, 2.75) is 32.7 Å². The number of hydrogen-bond donors (Lipinski definition) is 1. The van der Waals surface area contributed by atoms with Gasteiger partial charge in [-0.15, -0.1) is 11.3 Å². The van der Waals surface area contributed by atoms with Gasteiger partial charge in [-0.1, -0.05) is 24.6 Å². The van der Waals surface area contributed by atoms with Gasteiger partial charge in [0.15, 0.2) is 0 Å². The number of esters is 1. The van der Waals surface area contributed by atoms with Crippen LogP contribution >= 0.6 is 22.9 Å². The SMILES string of the molecule is COC(=O)c1c(NC(=O)CN2CCN(Cc3ccc(F)c(Cl)c3)CC2)sc2c1CCC(C)C2. The first-order valence-corrected chi connectivity index (χ1v) is 12.4. The largest absolute Gasteiger partial charge is 0.465 e.